The molecule has 0 unspecified atom stereocenters. The molecule has 2 N–H and O–H groups in total. The highest BCUT2D eigenvalue weighted by molar-refractivity contribution is 5.95. The molecule has 0 radical (unpaired) electrons. The number of aromatic hydroxyl groups is 1. The fourth-order valence-electron chi connectivity index (χ4n) is 1.84. The van der Waals surface area contributed by atoms with Gasteiger partial charge in [-0.05, 0) is 36.4 Å². The van der Waals surface area contributed by atoms with Crippen LogP contribution in [0.3, 0.4) is 0 Å². The van der Waals surface area contributed by atoms with Crippen LogP contribution in [0.1, 0.15) is 21.5 Å². The predicted octanol–water partition coefficient (Wildman–Crippen LogP) is 3.18. The van der Waals surface area contributed by atoms with E-state index in [1.807, 2.05) is 0 Å². The Balaban J connectivity index is 2.05. The number of hydrogen-bond donors (Lipinski definition) is 2. The molecule has 126 valence electrons. The van der Waals surface area contributed by atoms with E-state index >= 15 is 0 Å². The second-order valence-electron chi connectivity index (χ2n) is 4.67. The van der Waals surface area contributed by atoms with Crippen LogP contribution < -0.4 is 10.2 Å². The topological polar surface area (TPSA) is 70.9 Å². The average Bonchev–Trinajstić information content (AvgIpc) is 2.55. The lowest BCUT2D eigenvalue weighted by atomic mass is 10.1. The number of hydrogen-bond acceptors (Lipinski definition) is 4. The Kier molecular flexibility index (Phi) is 5.08. The maximum absolute atomic E-state index is 12.5. The maximum Gasteiger partial charge on any atom is 0.416 e. The van der Waals surface area contributed by atoms with E-state index < -0.39 is 17.6 Å². The van der Waals surface area contributed by atoms with Gasteiger partial charge in [-0.2, -0.15) is 18.3 Å². The van der Waals surface area contributed by atoms with Crippen LogP contribution in [-0.2, 0) is 6.18 Å². The highest BCUT2D eigenvalue weighted by atomic mass is 19.4. The number of phenols is 1. The van der Waals surface area contributed by atoms with E-state index in [9.17, 15) is 23.1 Å². The first-order valence-corrected chi connectivity index (χ1v) is 6.69. The second kappa shape index (κ2) is 7.03. The summed E-state index contributed by atoms with van der Waals surface area (Å²) < 4.78 is 42.3. The van der Waals surface area contributed by atoms with Crippen molar-refractivity contribution in [2.24, 2.45) is 5.10 Å². The minimum atomic E-state index is -4.46. The molecule has 0 aliphatic carbocycles. The zero-order valence-electron chi connectivity index (χ0n) is 12.5. The third kappa shape index (κ3) is 4.03. The van der Waals surface area contributed by atoms with E-state index in [1.165, 1.54) is 13.3 Å². The van der Waals surface area contributed by atoms with Crippen LogP contribution in [0.2, 0.25) is 0 Å². The van der Waals surface area contributed by atoms with Crippen molar-refractivity contribution in [3.63, 3.8) is 0 Å². The third-order valence-electron chi connectivity index (χ3n) is 3.09. The molecular formula is C16H13F3N2O3. The summed E-state index contributed by atoms with van der Waals surface area (Å²) in [6, 6.07) is 8.45. The molecule has 0 heterocycles. The lowest BCUT2D eigenvalue weighted by molar-refractivity contribution is -0.137. The zero-order chi connectivity index (χ0) is 17.7. The molecule has 0 fully saturated rings. The molecule has 0 saturated carbocycles. The standard InChI is InChI=1S/C16H13F3N2O3/c1-24-13-4-2-3-11(14(13)22)9-20-21-15(23)10-5-7-12(8-6-10)16(17,18)19/h2-9,22H,1H3,(H,21,23). The van der Waals surface area contributed by atoms with E-state index in [0.717, 1.165) is 24.3 Å². The highest BCUT2D eigenvalue weighted by Gasteiger charge is 2.30. The van der Waals surface area contributed by atoms with Crippen molar-refractivity contribution in [2.45, 2.75) is 6.18 Å². The number of alkyl halides is 3. The van der Waals surface area contributed by atoms with Crippen LogP contribution in [0.4, 0.5) is 13.2 Å². The van der Waals surface area contributed by atoms with Crippen LogP contribution in [0.5, 0.6) is 11.5 Å². The van der Waals surface area contributed by atoms with Gasteiger partial charge in [-0.3, -0.25) is 4.79 Å². The van der Waals surface area contributed by atoms with Crippen molar-refractivity contribution in [1.29, 1.82) is 0 Å². The lowest BCUT2D eigenvalue weighted by Crippen LogP contribution is -2.18. The van der Waals surface area contributed by atoms with Crippen molar-refractivity contribution < 1.29 is 27.8 Å². The van der Waals surface area contributed by atoms with Crippen molar-refractivity contribution in [1.82, 2.24) is 5.43 Å². The van der Waals surface area contributed by atoms with E-state index in [-0.39, 0.29) is 17.1 Å². The van der Waals surface area contributed by atoms with E-state index in [1.54, 1.807) is 18.2 Å². The summed E-state index contributed by atoms with van der Waals surface area (Å²) in [6.07, 6.45) is -3.27. The quantitative estimate of drug-likeness (QED) is 0.664. The molecule has 8 heteroatoms. The number of amides is 1. The Morgan fingerprint density at radius 3 is 2.46 bits per heavy atom. The smallest absolute Gasteiger partial charge is 0.416 e. The number of para-hydroxylation sites is 1. The molecule has 0 aliphatic heterocycles. The molecule has 0 aliphatic rings. The summed E-state index contributed by atoms with van der Waals surface area (Å²) in [6.45, 7) is 0. The average molecular weight is 338 g/mol. The van der Waals surface area contributed by atoms with Crippen LogP contribution in [0.25, 0.3) is 0 Å². The van der Waals surface area contributed by atoms with Gasteiger partial charge in [-0.1, -0.05) is 6.07 Å². The van der Waals surface area contributed by atoms with Crippen molar-refractivity contribution in [2.75, 3.05) is 7.11 Å². The molecule has 0 spiro atoms. The fourth-order valence-corrected chi connectivity index (χ4v) is 1.84. The van der Waals surface area contributed by atoms with Crippen molar-refractivity contribution in [3.8, 4) is 11.5 Å². The van der Waals surface area contributed by atoms with Crippen molar-refractivity contribution in [3.05, 3.63) is 59.2 Å². The van der Waals surface area contributed by atoms with Gasteiger partial charge in [-0.15, -0.1) is 0 Å². The number of carbonyl (C=O) groups is 1. The number of rotatable bonds is 4. The number of phenolic OH excluding ortho intramolecular Hbond substituents is 1. The molecule has 2 aromatic rings. The SMILES string of the molecule is COc1cccc(C=NNC(=O)c2ccc(C(F)(F)F)cc2)c1O. The summed E-state index contributed by atoms with van der Waals surface area (Å²) in [5.41, 5.74) is 1.65. The number of methoxy groups -OCH3 is 1. The zero-order valence-corrected chi connectivity index (χ0v) is 12.5. The van der Waals surface area contributed by atoms with Gasteiger partial charge < -0.3 is 9.84 Å². The summed E-state index contributed by atoms with van der Waals surface area (Å²) in [5.74, 6) is -0.581. The Bertz CT molecular complexity index is 756. The molecule has 0 bridgehead atoms. The van der Waals surface area contributed by atoms with Crippen LogP contribution in [0.15, 0.2) is 47.6 Å². The number of nitrogens with one attached hydrogen (secondary N) is 1. The molecule has 24 heavy (non-hydrogen) atoms. The normalized spacial score (nSPS) is 11.5. The first-order valence-electron chi connectivity index (χ1n) is 6.69. The van der Waals surface area contributed by atoms with E-state index in [0.29, 0.717) is 5.56 Å². The molecule has 1 amide bonds. The first-order chi connectivity index (χ1) is 11.3. The summed E-state index contributed by atoms with van der Waals surface area (Å²) in [4.78, 5) is 11.8. The van der Waals surface area contributed by atoms with Gasteiger partial charge in [-0.25, -0.2) is 5.43 Å². The first kappa shape index (κ1) is 17.3. The van der Waals surface area contributed by atoms with Crippen LogP contribution in [-0.4, -0.2) is 24.3 Å². The van der Waals surface area contributed by atoms with Gasteiger partial charge in [0.25, 0.3) is 5.91 Å². The number of nitrogens with zero attached hydrogens (tertiary/aromatic N) is 1. The van der Waals surface area contributed by atoms with Gasteiger partial charge >= 0.3 is 6.18 Å². The minimum Gasteiger partial charge on any atom is -0.504 e. The summed E-state index contributed by atoms with van der Waals surface area (Å²) >= 11 is 0. The van der Waals surface area contributed by atoms with Crippen LogP contribution >= 0.6 is 0 Å². The number of carbonyl (C=O) groups excluding carboxylic acids is 1. The lowest BCUT2D eigenvalue weighted by Gasteiger charge is -2.07. The number of halogens is 3. The van der Waals surface area contributed by atoms with Gasteiger partial charge in [0.2, 0.25) is 0 Å². The molecule has 0 atom stereocenters. The van der Waals surface area contributed by atoms with Gasteiger partial charge in [0.05, 0.1) is 18.9 Å². The van der Waals surface area contributed by atoms with Gasteiger partial charge in [0, 0.05) is 11.1 Å². The molecule has 0 aromatic heterocycles. The Morgan fingerprint density at radius 2 is 1.88 bits per heavy atom. The molecular weight excluding hydrogens is 325 g/mol. The minimum absolute atomic E-state index is 0.0232. The molecule has 0 saturated heterocycles. The molecule has 2 rings (SSSR count). The monoisotopic (exact) mass is 338 g/mol. The van der Waals surface area contributed by atoms with Gasteiger partial charge in [0.15, 0.2) is 11.5 Å². The third-order valence-corrected chi connectivity index (χ3v) is 3.09. The van der Waals surface area contributed by atoms with E-state index in [4.69, 9.17) is 4.74 Å². The highest BCUT2D eigenvalue weighted by Crippen LogP contribution is 2.29. The summed E-state index contributed by atoms with van der Waals surface area (Å²) in [5, 5.41) is 13.5. The van der Waals surface area contributed by atoms with Gasteiger partial charge in [0.1, 0.15) is 0 Å². The predicted molar refractivity (Wildman–Crippen MR) is 81.2 cm³/mol. The van der Waals surface area contributed by atoms with Crippen LogP contribution in [0, 0.1) is 0 Å². The number of benzene rings is 2. The fraction of sp³-hybridized carbons (Fsp3) is 0.125. The maximum atomic E-state index is 12.5. The molecule has 2 aromatic carbocycles. The largest absolute Gasteiger partial charge is 0.504 e. The number of hydrazone groups is 1. The number of ether oxygens (including phenoxy) is 1. The summed E-state index contributed by atoms with van der Waals surface area (Å²) in [7, 11) is 1.39. The Morgan fingerprint density at radius 1 is 1.21 bits per heavy atom. The second-order valence-corrected chi connectivity index (χ2v) is 4.67. The van der Waals surface area contributed by atoms with E-state index in [2.05, 4.69) is 10.5 Å². The van der Waals surface area contributed by atoms with Crippen molar-refractivity contribution >= 4 is 12.1 Å². The molecule has 5 nitrogen and oxygen atoms in total. The Hall–Kier alpha value is -3.03. The Labute approximate surface area is 135 Å².